The molecule has 147 heavy (non-hydrogen) atoms. The minimum atomic E-state index is 0.955. The van der Waals surface area contributed by atoms with Crippen LogP contribution < -0.4 is 0 Å². The van der Waals surface area contributed by atoms with Crippen molar-refractivity contribution in [1.82, 2.24) is 28.7 Å². The molecular formula is C141H90N6. The van der Waals surface area contributed by atoms with Crippen molar-refractivity contribution in [3.05, 3.63) is 546 Å². The average Bonchev–Trinajstić information content (AvgIpc) is 1.54. The van der Waals surface area contributed by atoms with Crippen molar-refractivity contribution in [2.24, 2.45) is 0 Å². The van der Waals surface area contributed by atoms with Crippen LogP contribution in [0.5, 0.6) is 0 Å². The highest BCUT2D eigenvalue weighted by molar-refractivity contribution is 6.38. The normalized spacial score (nSPS) is 11.7. The van der Waals surface area contributed by atoms with Crippen molar-refractivity contribution in [3.63, 3.8) is 0 Å². The molecule has 0 saturated carbocycles. The molecule has 6 aromatic heterocycles. The lowest BCUT2D eigenvalue weighted by molar-refractivity contribution is 1.19. The van der Waals surface area contributed by atoms with Crippen LogP contribution in [0.1, 0.15) is 0 Å². The van der Waals surface area contributed by atoms with E-state index in [-0.39, 0.29) is 0 Å². The second-order valence-corrected chi connectivity index (χ2v) is 38.2. The predicted molar refractivity (Wildman–Crippen MR) is 622 cm³/mol. The van der Waals surface area contributed by atoms with Crippen molar-refractivity contribution >= 4 is 162 Å². The minimum absolute atomic E-state index is 0.955. The van der Waals surface area contributed by atoms with Crippen molar-refractivity contribution in [3.8, 4) is 118 Å². The van der Waals surface area contributed by atoms with E-state index in [1.165, 1.54) is 179 Å². The number of benzene rings is 24. The molecule has 30 aromatic rings. The Hall–Kier alpha value is -19.5. The molecule has 30 rings (SSSR count). The van der Waals surface area contributed by atoms with Gasteiger partial charge >= 0.3 is 0 Å². The fourth-order valence-corrected chi connectivity index (χ4v) is 23.1. The third-order valence-corrected chi connectivity index (χ3v) is 29.8. The van der Waals surface area contributed by atoms with Crippen LogP contribution in [0.25, 0.3) is 280 Å². The quantitative estimate of drug-likeness (QED) is 0.115. The molecule has 0 atom stereocenters. The smallest absolute Gasteiger partial charge is 0.0715 e. The fraction of sp³-hybridized carbons (Fsp3) is 0. The van der Waals surface area contributed by atoms with Crippen LogP contribution in [0.2, 0.25) is 0 Å². The first-order chi connectivity index (χ1) is 72.9. The number of hydrogen-bond donors (Lipinski definition) is 0. The first-order valence-electron chi connectivity index (χ1n) is 50.4. The van der Waals surface area contributed by atoms with Crippen LogP contribution in [0.15, 0.2) is 546 Å². The Morgan fingerprint density at radius 2 is 0.367 bits per heavy atom. The Kier molecular flexibility index (Phi) is 20.9. The van der Waals surface area contributed by atoms with Gasteiger partial charge in [0.15, 0.2) is 0 Å². The van der Waals surface area contributed by atoms with E-state index >= 15 is 0 Å². The van der Waals surface area contributed by atoms with Crippen molar-refractivity contribution in [1.29, 1.82) is 0 Å². The molecule has 0 spiro atoms. The molecule has 0 fully saturated rings. The Balaban J connectivity index is 0.000000107. The molecule has 6 heterocycles. The number of nitrogens with zero attached hydrogens (tertiary/aromatic N) is 6. The van der Waals surface area contributed by atoms with E-state index in [1.807, 2.05) is 18.2 Å². The summed E-state index contributed by atoms with van der Waals surface area (Å²) in [4.78, 5) is 15.6. The van der Waals surface area contributed by atoms with Gasteiger partial charge in [0.2, 0.25) is 0 Å². The third-order valence-electron chi connectivity index (χ3n) is 29.8. The fourth-order valence-electron chi connectivity index (χ4n) is 23.1. The average molecular weight is 1870 g/mol. The number of hydrogen-bond acceptors (Lipinski definition) is 3. The summed E-state index contributed by atoms with van der Waals surface area (Å²) in [5.74, 6) is 0. The van der Waals surface area contributed by atoms with Gasteiger partial charge in [-0.1, -0.05) is 455 Å². The largest absolute Gasteiger partial charge is 0.309 e. The van der Waals surface area contributed by atoms with E-state index < -0.39 is 0 Å². The highest BCUT2D eigenvalue weighted by Crippen LogP contribution is 2.50. The third kappa shape index (κ3) is 14.8. The lowest BCUT2D eigenvalue weighted by atomic mass is 9.95. The van der Waals surface area contributed by atoms with Crippen LogP contribution in [-0.4, -0.2) is 28.7 Å². The van der Waals surface area contributed by atoms with Gasteiger partial charge in [-0.05, 0) is 200 Å². The van der Waals surface area contributed by atoms with Gasteiger partial charge in [0.25, 0.3) is 0 Å². The zero-order valence-electron chi connectivity index (χ0n) is 80.1. The summed E-state index contributed by atoms with van der Waals surface area (Å²) in [5, 5.41) is 30.5. The van der Waals surface area contributed by atoms with Crippen LogP contribution in [-0.2, 0) is 0 Å². The maximum absolute atomic E-state index is 5.20. The first-order valence-corrected chi connectivity index (χ1v) is 50.4. The molecular weight excluding hydrogens is 1780 g/mol. The van der Waals surface area contributed by atoms with Gasteiger partial charge in [-0.2, -0.15) is 0 Å². The van der Waals surface area contributed by atoms with Crippen LogP contribution >= 0.6 is 0 Å². The number of aromatic nitrogens is 6. The van der Waals surface area contributed by atoms with E-state index in [2.05, 4.69) is 541 Å². The van der Waals surface area contributed by atoms with Crippen LogP contribution in [0, 0.1) is 0 Å². The zero-order chi connectivity index (χ0) is 96.9. The molecule has 0 aliphatic carbocycles. The lowest BCUT2D eigenvalue weighted by Gasteiger charge is -2.14. The predicted octanol–water partition coefficient (Wildman–Crippen LogP) is 37.9. The molecule has 0 bridgehead atoms. The summed E-state index contributed by atoms with van der Waals surface area (Å²) in [6.45, 7) is 0. The highest BCUT2D eigenvalue weighted by Gasteiger charge is 2.27. The molecule has 0 unspecified atom stereocenters. The molecule has 684 valence electrons. The molecule has 6 heteroatoms. The van der Waals surface area contributed by atoms with E-state index in [0.29, 0.717) is 0 Å². The Morgan fingerprint density at radius 3 is 0.748 bits per heavy atom. The van der Waals surface area contributed by atoms with Crippen LogP contribution in [0.3, 0.4) is 0 Å². The number of pyridine rings is 3. The Bertz CT molecular complexity index is 10000. The standard InChI is InChI=1S/3C47H30N2/c1-3-13-31(14-4-1)35-29-42(33-16-5-2-6-17-33)48-43(30-35)34-23-26-36(27-24-34)49-44-28-25-32-15-7-8-18-37(32)45(44)46-40-21-11-9-19-38(40)39-20-10-12-22-41(39)47(46)49;1-3-13-31(14-4-1)35-29-43(33-16-5-2-6-17-33)48-44(30-35)34-23-26-36(27-24-34)49-46-37-18-8-7-15-32(37)25-28-42(46)45-40-21-11-9-19-38(40)39-20-10-12-22-41(39)47(45)49;1-3-13-31(14-4-1)36-28-43(32-15-5-2-6-16-32)48-44(29-36)33-23-25-37(26-24-33)49-45-30-35-18-8-7-17-34(35)27-42(45)46-40-21-11-9-19-38(40)39-20-10-12-22-41(39)47(46)49/h3*1-30H. The van der Waals surface area contributed by atoms with Gasteiger partial charge in [-0.3, -0.25) is 0 Å². The van der Waals surface area contributed by atoms with Gasteiger partial charge in [0.05, 0.1) is 67.3 Å². The van der Waals surface area contributed by atoms with Crippen molar-refractivity contribution in [2.45, 2.75) is 0 Å². The van der Waals surface area contributed by atoms with Crippen molar-refractivity contribution in [2.75, 3.05) is 0 Å². The van der Waals surface area contributed by atoms with Gasteiger partial charge in [0.1, 0.15) is 0 Å². The molecule has 0 aliphatic rings. The van der Waals surface area contributed by atoms with Gasteiger partial charge in [-0.15, -0.1) is 0 Å². The monoisotopic (exact) mass is 1870 g/mol. The van der Waals surface area contributed by atoms with Crippen molar-refractivity contribution < 1.29 is 0 Å². The Morgan fingerprint density at radius 1 is 0.116 bits per heavy atom. The minimum Gasteiger partial charge on any atom is -0.309 e. The highest BCUT2D eigenvalue weighted by atomic mass is 15.0. The first kappa shape index (κ1) is 85.4. The summed E-state index contributed by atoms with van der Waals surface area (Å²) in [5.41, 5.74) is 30.1. The number of fused-ring (bicyclic) bond motifs is 29. The SMILES string of the molecule is c1ccc(-c2cc(-c3ccccc3)nc(-c3ccc(-n4c5c6ccccc6ccc5c5c6ccccc6c6ccccc6c54)cc3)c2)cc1.c1ccc(-c2cc(-c3ccccc3)nc(-c3ccc(-n4c5cc6ccccc6cc5c5c6ccccc6c6ccccc6c54)cc3)c2)cc1.c1ccc(-c2cc(-c3ccccc3)nc(-c3ccc(-n4c5ccc6ccccc6c5c5c6ccccc6c6ccccc6c54)cc3)c2)cc1. The van der Waals surface area contributed by atoms with E-state index in [4.69, 9.17) is 15.0 Å². The summed E-state index contributed by atoms with van der Waals surface area (Å²) in [6.07, 6.45) is 0. The van der Waals surface area contributed by atoms with E-state index in [9.17, 15) is 0 Å². The summed E-state index contributed by atoms with van der Waals surface area (Å²) < 4.78 is 7.44. The second-order valence-electron chi connectivity index (χ2n) is 38.2. The zero-order valence-corrected chi connectivity index (χ0v) is 80.1. The second kappa shape index (κ2) is 35.9. The molecule has 0 amide bonds. The van der Waals surface area contributed by atoms with Gasteiger partial charge < -0.3 is 13.7 Å². The molecule has 6 nitrogen and oxygen atoms in total. The maximum atomic E-state index is 5.20. The summed E-state index contributed by atoms with van der Waals surface area (Å²) in [7, 11) is 0. The molecule has 0 saturated heterocycles. The number of rotatable bonds is 12. The topological polar surface area (TPSA) is 53.5 Å². The van der Waals surface area contributed by atoms with Crippen LogP contribution in [0.4, 0.5) is 0 Å². The molecule has 0 N–H and O–H groups in total. The summed E-state index contributed by atoms with van der Waals surface area (Å²) >= 11 is 0. The maximum Gasteiger partial charge on any atom is 0.0715 e. The lowest BCUT2D eigenvalue weighted by Crippen LogP contribution is -1.96. The molecule has 0 aliphatic heterocycles. The van der Waals surface area contributed by atoms with E-state index in [0.717, 1.165) is 101 Å². The molecule has 24 aromatic carbocycles. The van der Waals surface area contributed by atoms with E-state index in [1.54, 1.807) is 0 Å². The Labute approximate surface area is 848 Å². The molecule has 0 radical (unpaired) electrons. The summed E-state index contributed by atoms with van der Waals surface area (Å²) in [6, 6.07) is 196. The van der Waals surface area contributed by atoms with Gasteiger partial charge in [-0.25, -0.2) is 15.0 Å². The van der Waals surface area contributed by atoms with Gasteiger partial charge in [0, 0.05) is 104 Å².